The fraction of sp³-hybridized carbons (Fsp3) is 0.556. The minimum Gasteiger partial charge on any atom is -0.378 e. The number of likely N-dealkylation sites (tertiary alicyclic amines) is 1. The third kappa shape index (κ3) is 3.55. The Hall–Kier alpha value is -1.88. The molecule has 0 radical (unpaired) electrons. The summed E-state index contributed by atoms with van der Waals surface area (Å²) in [6, 6.07) is 9.39. The van der Waals surface area contributed by atoms with Gasteiger partial charge >= 0.3 is 0 Å². The summed E-state index contributed by atoms with van der Waals surface area (Å²) in [5.74, 6) is -0.173. The largest absolute Gasteiger partial charge is 0.378 e. The lowest BCUT2D eigenvalue weighted by atomic mass is 10.1. The number of carbonyl (C=O) groups is 2. The lowest BCUT2D eigenvalue weighted by Crippen LogP contribution is -2.46. The lowest BCUT2D eigenvalue weighted by Gasteiger charge is -2.31. The van der Waals surface area contributed by atoms with Crippen LogP contribution in [0.2, 0.25) is 0 Å². The first kappa shape index (κ1) is 16.0. The fourth-order valence-corrected chi connectivity index (χ4v) is 3.40. The Kier molecular flexibility index (Phi) is 4.66. The number of hydrogen-bond donors (Lipinski definition) is 1. The normalized spacial score (nSPS) is 22.0. The number of nitrogens with zero attached hydrogens (tertiary/aromatic N) is 2. The van der Waals surface area contributed by atoms with Gasteiger partial charge in [-0.15, -0.1) is 0 Å². The van der Waals surface area contributed by atoms with Crippen molar-refractivity contribution in [2.75, 3.05) is 13.1 Å². The van der Waals surface area contributed by atoms with Crippen molar-refractivity contribution in [1.82, 2.24) is 9.80 Å². The maximum atomic E-state index is 12.7. The molecule has 1 saturated heterocycles. The maximum absolute atomic E-state index is 12.7. The number of rotatable bonds is 5. The smallest absolute Gasteiger partial charge is 0.256 e. The zero-order valence-corrected chi connectivity index (χ0v) is 13.5. The van der Waals surface area contributed by atoms with Crippen LogP contribution in [0.3, 0.4) is 0 Å². The van der Waals surface area contributed by atoms with Crippen molar-refractivity contribution in [3.8, 4) is 0 Å². The second kappa shape index (κ2) is 6.71. The number of benzene rings is 1. The Morgan fingerprint density at radius 2 is 1.96 bits per heavy atom. The first-order valence-electron chi connectivity index (χ1n) is 8.38. The van der Waals surface area contributed by atoms with Crippen molar-refractivity contribution in [2.45, 2.75) is 50.8 Å². The molecule has 0 spiro atoms. The molecule has 1 aromatic carbocycles. The summed E-state index contributed by atoms with van der Waals surface area (Å²) in [6.07, 6.45) is 2.82. The molecule has 2 fully saturated rings. The highest BCUT2D eigenvalue weighted by Crippen LogP contribution is 2.30. The molecule has 1 saturated carbocycles. The van der Waals surface area contributed by atoms with E-state index in [0.717, 1.165) is 25.7 Å². The van der Waals surface area contributed by atoms with E-state index in [0.29, 0.717) is 24.7 Å². The van der Waals surface area contributed by atoms with Crippen molar-refractivity contribution >= 4 is 11.8 Å². The molecule has 1 aliphatic carbocycles. The molecule has 2 amide bonds. The summed E-state index contributed by atoms with van der Waals surface area (Å²) in [5.41, 5.74) is 0.619. The quantitative estimate of drug-likeness (QED) is 0.900. The van der Waals surface area contributed by atoms with E-state index in [1.54, 1.807) is 24.0 Å². The Bertz CT molecular complexity index is 571. The highest BCUT2D eigenvalue weighted by Gasteiger charge is 2.38. The highest BCUT2D eigenvalue weighted by atomic mass is 16.3. The van der Waals surface area contributed by atoms with Crippen LogP contribution in [0, 0.1) is 0 Å². The molecule has 1 aromatic rings. The molecule has 0 unspecified atom stereocenters. The molecule has 0 aromatic heterocycles. The predicted molar refractivity (Wildman–Crippen MR) is 86.5 cm³/mol. The van der Waals surface area contributed by atoms with E-state index in [9.17, 15) is 14.7 Å². The molecule has 124 valence electrons. The van der Waals surface area contributed by atoms with Gasteiger partial charge in [0.25, 0.3) is 5.91 Å². The van der Waals surface area contributed by atoms with E-state index in [1.807, 2.05) is 23.1 Å². The van der Waals surface area contributed by atoms with Gasteiger partial charge in [-0.25, -0.2) is 0 Å². The maximum Gasteiger partial charge on any atom is 0.256 e. The van der Waals surface area contributed by atoms with Crippen LogP contribution in [0.1, 0.15) is 44.3 Å². The Morgan fingerprint density at radius 1 is 1.26 bits per heavy atom. The third-order valence-electron chi connectivity index (χ3n) is 4.81. The zero-order valence-electron chi connectivity index (χ0n) is 13.5. The van der Waals surface area contributed by atoms with E-state index in [2.05, 4.69) is 0 Å². The van der Waals surface area contributed by atoms with Crippen molar-refractivity contribution < 1.29 is 14.7 Å². The summed E-state index contributed by atoms with van der Waals surface area (Å²) in [6.45, 7) is 2.84. The highest BCUT2D eigenvalue weighted by molar-refractivity contribution is 5.82. The zero-order chi connectivity index (χ0) is 16.4. The van der Waals surface area contributed by atoms with E-state index in [-0.39, 0.29) is 17.9 Å². The Balaban J connectivity index is 1.68. The summed E-state index contributed by atoms with van der Waals surface area (Å²) < 4.78 is 0. The Labute approximate surface area is 136 Å². The van der Waals surface area contributed by atoms with Crippen molar-refractivity contribution in [1.29, 1.82) is 0 Å². The molecule has 2 atom stereocenters. The molecule has 0 bridgehead atoms. The van der Waals surface area contributed by atoms with Crippen LogP contribution < -0.4 is 0 Å². The number of amides is 2. The average molecular weight is 316 g/mol. The fourth-order valence-electron chi connectivity index (χ4n) is 3.40. The summed E-state index contributed by atoms with van der Waals surface area (Å²) in [4.78, 5) is 28.1. The predicted octanol–water partition coefficient (Wildman–Crippen LogP) is 1.72. The van der Waals surface area contributed by atoms with E-state index >= 15 is 0 Å². The van der Waals surface area contributed by atoms with Gasteiger partial charge in [0.15, 0.2) is 6.10 Å². The topological polar surface area (TPSA) is 60.9 Å². The first-order valence-corrected chi connectivity index (χ1v) is 8.38. The summed E-state index contributed by atoms with van der Waals surface area (Å²) in [7, 11) is 0. The van der Waals surface area contributed by atoms with Crippen LogP contribution in [-0.4, -0.2) is 51.9 Å². The summed E-state index contributed by atoms with van der Waals surface area (Å²) in [5, 5.41) is 10.4. The van der Waals surface area contributed by atoms with Crippen LogP contribution >= 0.6 is 0 Å². The van der Waals surface area contributed by atoms with Gasteiger partial charge in [0.1, 0.15) is 0 Å². The second-order valence-electron chi connectivity index (χ2n) is 6.54. The van der Waals surface area contributed by atoms with Crippen LogP contribution in [0.5, 0.6) is 0 Å². The van der Waals surface area contributed by atoms with Crippen molar-refractivity contribution in [3.05, 3.63) is 35.9 Å². The molecule has 1 aliphatic heterocycles. The van der Waals surface area contributed by atoms with Crippen LogP contribution in [0.4, 0.5) is 0 Å². The molecular weight excluding hydrogens is 292 g/mol. The van der Waals surface area contributed by atoms with Gasteiger partial charge in [-0.1, -0.05) is 30.3 Å². The summed E-state index contributed by atoms with van der Waals surface area (Å²) >= 11 is 0. The van der Waals surface area contributed by atoms with E-state index in [1.165, 1.54) is 0 Å². The van der Waals surface area contributed by atoms with Gasteiger partial charge in [-0.05, 0) is 31.2 Å². The number of aliphatic hydroxyl groups excluding tert-OH is 1. The van der Waals surface area contributed by atoms with Crippen LogP contribution in [0.15, 0.2) is 30.3 Å². The average Bonchev–Trinajstić information content (AvgIpc) is 3.29. The number of carbonyl (C=O) groups excluding carboxylic acids is 2. The van der Waals surface area contributed by atoms with Gasteiger partial charge in [0.05, 0.1) is 0 Å². The molecule has 3 rings (SSSR count). The minimum atomic E-state index is -1.12. The van der Waals surface area contributed by atoms with E-state index in [4.69, 9.17) is 0 Å². The Morgan fingerprint density at radius 3 is 2.57 bits per heavy atom. The monoisotopic (exact) mass is 316 g/mol. The number of aliphatic hydroxyl groups is 1. The number of hydrogen-bond acceptors (Lipinski definition) is 3. The standard InChI is InChI=1S/C18H24N2O3/c1-13(21)20(15-9-10-15)12-16-8-5-11-19(16)18(23)17(22)14-6-3-2-4-7-14/h2-4,6-7,15-17,22H,5,8-12H2,1H3/t16-,17-/m0/s1. The van der Waals surface area contributed by atoms with Crippen molar-refractivity contribution in [2.24, 2.45) is 0 Å². The third-order valence-corrected chi connectivity index (χ3v) is 4.81. The first-order chi connectivity index (χ1) is 11.1. The van der Waals surface area contributed by atoms with Gasteiger partial charge in [0.2, 0.25) is 5.91 Å². The minimum absolute atomic E-state index is 0.0189. The molecule has 23 heavy (non-hydrogen) atoms. The lowest BCUT2D eigenvalue weighted by molar-refractivity contribution is -0.143. The SMILES string of the molecule is CC(=O)N(C[C@@H]1CCCN1C(=O)[C@@H](O)c1ccccc1)C1CC1. The van der Waals surface area contributed by atoms with Crippen LogP contribution in [-0.2, 0) is 9.59 Å². The molecular formula is C18H24N2O3. The van der Waals surface area contributed by atoms with Gasteiger partial charge < -0.3 is 14.9 Å². The molecule has 1 N–H and O–H groups in total. The van der Waals surface area contributed by atoms with Crippen molar-refractivity contribution in [3.63, 3.8) is 0 Å². The molecule has 5 heteroatoms. The van der Waals surface area contributed by atoms with E-state index < -0.39 is 6.10 Å². The second-order valence-corrected chi connectivity index (χ2v) is 6.54. The van der Waals surface area contributed by atoms with Gasteiger partial charge in [-0.2, -0.15) is 0 Å². The van der Waals surface area contributed by atoms with Crippen LogP contribution in [0.25, 0.3) is 0 Å². The molecule has 5 nitrogen and oxygen atoms in total. The molecule has 2 aliphatic rings. The van der Waals surface area contributed by atoms with Gasteiger partial charge in [0, 0.05) is 32.1 Å². The molecule has 1 heterocycles. The van der Waals surface area contributed by atoms with Gasteiger partial charge in [-0.3, -0.25) is 9.59 Å².